The van der Waals surface area contributed by atoms with Crippen LogP contribution in [0.1, 0.15) is 0 Å². The Morgan fingerprint density at radius 1 is 1.12 bits per heavy atom. The number of halogens is 2. The molecular formula is H7Cl2O3P3. The zero-order valence-corrected chi connectivity index (χ0v) is 8.64. The highest BCUT2D eigenvalue weighted by atomic mass is 35.5. The Hall–Kier alpha value is 1.59. The van der Waals surface area contributed by atoms with E-state index in [1.165, 1.54) is 0 Å². The molecule has 0 fully saturated rings. The topological polar surface area (TPSA) is 35.5 Å². The van der Waals surface area contributed by atoms with Crippen molar-refractivity contribution in [2.75, 3.05) is 0 Å². The molecule has 0 saturated carbocycles. The van der Waals surface area contributed by atoms with Gasteiger partial charge in [-0.15, -0.1) is 24.8 Å². The van der Waals surface area contributed by atoms with Gasteiger partial charge in [-0.1, -0.05) is 0 Å². The van der Waals surface area contributed by atoms with E-state index in [4.69, 9.17) is 0 Å². The predicted octanol–water partition coefficient (Wildman–Crippen LogP) is 1.83. The van der Waals surface area contributed by atoms with Gasteiger partial charge in [-0.25, -0.2) is 0 Å². The first-order valence-corrected chi connectivity index (χ1v) is 3.25. The first-order chi connectivity index (χ1) is 2.81. The third kappa shape index (κ3) is 10.5. The van der Waals surface area contributed by atoms with Crippen LogP contribution in [0.3, 0.4) is 0 Å². The Morgan fingerprint density at radius 3 is 1.38 bits per heavy atom. The second kappa shape index (κ2) is 11.4. The Bertz CT molecular complexity index is 50.5. The molecule has 2 unspecified atom stereocenters. The molecule has 0 radical (unpaired) electrons. The summed E-state index contributed by atoms with van der Waals surface area (Å²) in [6, 6.07) is 0. The van der Waals surface area contributed by atoms with Gasteiger partial charge >= 0.3 is 8.25 Å². The van der Waals surface area contributed by atoms with Gasteiger partial charge in [0.25, 0.3) is 0 Å². The average Bonchev–Trinajstić information content (AvgIpc) is 1.65. The van der Waals surface area contributed by atoms with E-state index >= 15 is 0 Å². The lowest BCUT2D eigenvalue weighted by atomic mass is 15.8. The van der Waals surface area contributed by atoms with Crippen molar-refractivity contribution in [3.63, 3.8) is 0 Å². The van der Waals surface area contributed by atoms with Crippen LogP contribution in [0.4, 0.5) is 0 Å². The van der Waals surface area contributed by atoms with Crippen LogP contribution in [0.25, 0.3) is 0 Å². The van der Waals surface area contributed by atoms with E-state index in [1.807, 2.05) is 18.9 Å². The van der Waals surface area contributed by atoms with Gasteiger partial charge in [-0.3, -0.25) is 13.2 Å². The van der Waals surface area contributed by atoms with E-state index in [2.05, 4.69) is 8.62 Å². The van der Waals surface area contributed by atoms with E-state index in [1.54, 1.807) is 0 Å². The second-order valence-corrected chi connectivity index (χ2v) is 2.87. The zero-order valence-electron chi connectivity index (χ0n) is 3.70. The van der Waals surface area contributed by atoms with Gasteiger partial charge in [0.2, 0.25) is 0 Å². The van der Waals surface area contributed by atoms with Crippen LogP contribution >= 0.6 is 52.0 Å². The molecule has 0 aliphatic carbocycles. The van der Waals surface area contributed by atoms with Crippen LogP contribution in [0.15, 0.2) is 0 Å². The quantitative estimate of drug-likeness (QED) is 0.664. The summed E-state index contributed by atoms with van der Waals surface area (Å²) < 4.78 is 18.1. The summed E-state index contributed by atoms with van der Waals surface area (Å²) in [6.07, 6.45) is 0. The molecule has 3 nitrogen and oxygen atoms in total. The van der Waals surface area contributed by atoms with Crippen molar-refractivity contribution in [1.29, 1.82) is 0 Å². The fraction of sp³-hybridized carbons (Fsp3) is 0. The van der Waals surface area contributed by atoms with E-state index in [-0.39, 0.29) is 24.8 Å². The molecule has 8 heavy (non-hydrogen) atoms. The number of hydrogen-bond acceptors (Lipinski definition) is 3. The molecule has 54 valence electrons. The largest absolute Gasteiger partial charge is 0.324 e. The smallest absolute Gasteiger partial charge is 0.294 e. The monoisotopic (exact) mass is 218 g/mol. The highest BCUT2D eigenvalue weighted by Gasteiger charge is 1.83. The van der Waals surface area contributed by atoms with E-state index in [0.717, 1.165) is 0 Å². The summed E-state index contributed by atoms with van der Waals surface area (Å²) >= 11 is 0. The van der Waals surface area contributed by atoms with E-state index in [0.29, 0.717) is 0 Å². The van der Waals surface area contributed by atoms with Crippen molar-refractivity contribution in [3.05, 3.63) is 0 Å². The molecule has 0 aliphatic heterocycles. The van der Waals surface area contributed by atoms with Crippen molar-refractivity contribution in [1.82, 2.24) is 0 Å². The molecule has 0 aromatic heterocycles. The third-order valence-electron chi connectivity index (χ3n) is 0.192. The highest BCUT2D eigenvalue weighted by Crippen LogP contribution is 2.29. The molecule has 0 rings (SSSR count). The Morgan fingerprint density at radius 2 is 1.38 bits per heavy atom. The maximum absolute atomic E-state index is 9.88. The van der Waals surface area contributed by atoms with Gasteiger partial charge in [-0.2, -0.15) is 0 Å². The SMILES string of the molecule is Cl.Cl.O=[PH](OP)OP. The minimum Gasteiger partial charge on any atom is -0.294 e. The Labute approximate surface area is 65.6 Å². The minimum absolute atomic E-state index is 0. The lowest BCUT2D eigenvalue weighted by molar-refractivity contribution is 0.461. The molecule has 0 aromatic rings. The molecule has 0 bridgehead atoms. The van der Waals surface area contributed by atoms with Gasteiger partial charge in [0, 0.05) is 18.9 Å². The summed E-state index contributed by atoms with van der Waals surface area (Å²) in [5.41, 5.74) is 0. The molecule has 0 heterocycles. The van der Waals surface area contributed by atoms with Crippen LogP contribution in [-0.4, -0.2) is 0 Å². The molecular weight excluding hydrogens is 212 g/mol. The van der Waals surface area contributed by atoms with E-state index < -0.39 is 8.25 Å². The predicted molar refractivity (Wildman–Crippen MR) is 45.1 cm³/mol. The van der Waals surface area contributed by atoms with Crippen molar-refractivity contribution in [2.24, 2.45) is 0 Å². The number of hydrogen-bond donors (Lipinski definition) is 0. The van der Waals surface area contributed by atoms with Crippen LogP contribution in [0, 0.1) is 0 Å². The van der Waals surface area contributed by atoms with Crippen LogP contribution in [0.5, 0.6) is 0 Å². The van der Waals surface area contributed by atoms with Gasteiger partial charge in [0.05, 0.1) is 0 Å². The molecule has 0 spiro atoms. The lowest BCUT2D eigenvalue weighted by Crippen LogP contribution is -1.49. The average molecular weight is 219 g/mol. The summed E-state index contributed by atoms with van der Waals surface area (Å²) in [4.78, 5) is 0. The van der Waals surface area contributed by atoms with Crippen molar-refractivity contribution in [2.45, 2.75) is 0 Å². The fourth-order valence-electron chi connectivity index (χ4n) is 0.0278. The highest BCUT2D eigenvalue weighted by molar-refractivity contribution is 7.45. The van der Waals surface area contributed by atoms with Crippen LogP contribution in [-0.2, 0) is 13.2 Å². The fourth-order valence-corrected chi connectivity index (χ4v) is 0.750. The summed E-state index contributed by atoms with van der Waals surface area (Å²) in [5.74, 6) is 0. The second-order valence-electron chi connectivity index (χ2n) is 0.486. The molecule has 8 heteroatoms. The molecule has 0 amide bonds. The molecule has 0 aromatic carbocycles. The maximum atomic E-state index is 9.88. The summed E-state index contributed by atoms with van der Waals surface area (Å²) in [5, 5.41) is 0. The van der Waals surface area contributed by atoms with Crippen LogP contribution in [0.2, 0.25) is 0 Å². The van der Waals surface area contributed by atoms with Gasteiger partial charge in [0.15, 0.2) is 0 Å². The molecule has 0 saturated heterocycles. The maximum Gasteiger partial charge on any atom is 0.324 e. The first kappa shape index (κ1) is 16.3. The van der Waals surface area contributed by atoms with Crippen molar-refractivity contribution < 1.29 is 13.2 Å². The standard InChI is InChI=1S/2ClH.H5O3P3/c;;1-6(2-4)3-5/h2*1H;6H,4-5H2. The minimum atomic E-state index is -2.19. The van der Waals surface area contributed by atoms with Crippen LogP contribution < -0.4 is 0 Å². The third-order valence-corrected chi connectivity index (χ3v) is 1.73. The normalized spacial score (nSPS) is 7.38. The Kier molecular flexibility index (Phi) is 23.2. The summed E-state index contributed by atoms with van der Waals surface area (Å²) in [7, 11) is 1.47. The first-order valence-electron chi connectivity index (χ1n) is 1.08. The van der Waals surface area contributed by atoms with Gasteiger partial charge < -0.3 is 0 Å². The Balaban J connectivity index is -0.000000125. The van der Waals surface area contributed by atoms with Gasteiger partial charge in [0.1, 0.15) is 0 Å². The van der Waals surface area contributed by atoms with E-state index in [9.17, 15) is 4.57 Å². The van der Waals surface area contributed by atoms with Gasteiger partial charge in [-0.05, 0) is 0 Å². The molecule has 0 aliphatic rings. The molecule has 0 N–H and O–H groups in total. The van der Waals surface area contributed by atoms with Crippen molar-refractivity contribution in [3.8, 4) is 0 Å². The van der Waals surface area contributed by atoms with Crippen molar-refractivity contribution >= 4 is 52.0 Å². The zero-order chi connectivity index (χ0) is 4.99. The summed E-state index contributed by atoms with van der Waals surface area (Å²) in [6.45, 7) is 0. The number of rotatable bonds is 2. The lowest BCUT2D eigenvalue weighted by Gasteiger charge is -1.88. The molecule has 2 atom stereocenters.